The van der Waals surface area contributed by atoms with Gasteiger partial charge in [-0.2, -0.15) is 0 Å². The zero-order valence-electron chi connectivity index (χ0n) is 14.0. The highest BCUT2D eigenvalue weighted by molar-refractivity contribution is 6.31. The molecule has 27 heavy (non-hydrogen) atoms. The fraction of sp³-hybridized carbons (Fsp3) is 0. The van der Waals surface area contributed by atoms with Gasteiger partial charge in [-0.3, -0.25) is 9.78 Å². The van der Waals surface area contributed by atoms with E-state index in [1.165, 1.54) is 6.07 Å². The number of pyridine rings is 1. The highest BCUT2D eigenvalue weighted by Crippen LogP contribution is 2.32. The molecule has 0 unspecified atom stereocenters. The summed E-state index contributed by atoms with van der Waals surface area (Å²) in [6.45, 7) is 0. The highest BCUT2D eigenvalue weighted by Gasteiger charge is 2.13. The van der Waals surface area contributed by atoms with Crippen molar-refractivity contribution in [1.29, 1.82) is 0 Å². The predicted molar refractivity (Wildman–Crippen MR) is 109 cm³/mol. The van der Waals surface area contributed by atoms with Gasteiger partial charge >= 0.3 is 0 Å². The van der Waals surface area contributed by atoms with E-state index in [0.29, 0.717) is 15.7 Å². The molecule has 0 amide bonds. The molecule has 2 aromatic carbocycles. The number of nitrogens with zero attached hydrogens (tertiary/aromatic N) is 2. The third-order valence-electron chi connectivity index (χ3n) is 4.09. The topological polar surface area (TPSA) is 58.6 Å². The zero-order chi connectivity index (χ0) is 18.8. The minimum absolute atomic E-state index is 0.164. The lowest BCUT2D eigenvalue weighted by atomic mass is 10.0. The molecule has 4 nitrogen and oxygen atoms in total. The van der Waals surface area contributed by atoms with Gasteiger partial charge in [-0.15, -0.1) is 0 Å². The fourth-order valence-electron chi connectivity index (χ4n) is 2.73. The van der Waals surface area contributed by atoms with Gasteiger partial charge in [0.2, 0.25) is 5.56 Å². The van der Waals surface area contributed by atoms with Crippen molar-refractivity contribution in [3.8, 4) is 33.8 Å². The normalized spacial score (nSPS) is 10.7. The lowest BCUT2D eigenvalue weighted by Crippen LogP contribution is -2.02. The number of halogens is 2. The molecular weight excluding hydrogens is 381 g/mol. The molecule has 2 aromatic heterocycles. The zero-order valence-corrected chi connectivity index (χ0v) is 15.5. The molecule has 2 heterocycles. The van der Waals surface area contributed by atoms with Crippen LogP contribution in [0.5, 0.6) is 0 Å². The quantitative estimate of drug-likeness (QED) is 0.501. The van der Waals surface area contributed by atoms with Crippen molar-refractivity contribution in [2.24, 2.45) is 0 Å². The summed E-state index contributed by atoms with van der Waals surface area (Å²) in [5, 5.41) is 1.31. The summed E-state index contributed by atoms with van der Waals surface area (Å²) in [6.07, 6.45) is 3.32. The van der Waals surface area contributed by atoms with Crippen LogP contribution in [0.1, 0.15) is 0 Å². The van der Waals surface area contributed by atoms with Gasteiger partial charge in [-0.1, -0.05) is 47.5 Å². The van der Waals surface area contributed by atoms with Crippen LogP contribution in [-0.4, -0.2) is 15.0 Å². The first kappa shape index (κ1) is 17.5. The van der Waals surface area contributed by atoms with Gasteiger partial charge in [0.1, 0.15) is 0 Å². The van der Waals surface area contributed by atoms with Gasteiger partial charge in [-0.25, -0.2) is 4.98 Å². The molecule has 0 radical (unpaired) electrons. The predicted octanol–water partition coefficient (Wildman–Crippen LogP) is 5.47. The standard InChI is InChI=1S/C21H13Cl2N3O/c22-16-6-1-13(2-7-16)20-21(14-3-8-17(23)9-4-14)26-18(12-25-20)15-5-10-19(27)24-11-15/h1-12H,(H,24,27). The Morgan fingerprint density at radius 1 is 0.704 bits per heavy atom. The number of aromatic nitrogens is 3. The van der Waals surface area contributed by atoms with E-state index < -0.39 is 0 Å². The molecule has 132 valence electrons. The number of hydrogen-bond donors (Lipinski definition) is 1. The second-order valence-electron chi connectivity index (χ2n) is 5.91. The van der Waals surface area contributed by atoms with Crippen LogP contribution in [-0.2, 0) is 0 Å². The van der Waals surface area contributed by atoms with E-state index in [1.54, 1.807) is 18.5 Å². The maximum Gasteiger partial charge on any atom is 0.247 e. The second-order valence-corrected chi connectivity index (χ2v) is 6.78. The van der Waals surface area contributed by atoms with Crippen LogP contribution in [0.15, 0.2) is 77.9 Å². The van der Waals surface area contributed by atoms with Crippen LogP contribution in [0.2, 0.25) is 10.0 Å². The molecule has 0 saturated heterocycles. The third-order valence-corrected chi connectivity index (χ3v) is 4.59. The molecule has 0 saturated carbocycles. The first-order valence-corrected chi connectivity index (χ1v) is 8.94. The lowest BCUT2D eigenvalue weighted by Gasteiger charge is -2.11. The maximum absolute atomic E-state index is 11.3. The summed E-state index contributed by atoms with van der Waals surface area (Å²) < 4.78 is 0. The van der Waals surface area contributed by atoms with Gasteiger partial charge in [0.15, 0.2) is 0 Å². The molecule has 0 aliphatic heterocycles. The summed E-state index contributed by atoms with van der Waals surface area (Å²) >= 11 is 12.0. The van der Waals surface area contributed by atoms with Crippen molar-refractivity contribution in [2.75, 3.05) is 0 Å². The van der Waals surface area contributed by atoms with Gasteiger partial charge in [0, 0.05) is 39.0 Å². The molecule has 0 aliphatic rings. The van der Waals surface area contributed by atoms with Crippen molar-refractivity contribution in [3.63, 3.8) is 0 Å². The summed E-state index contributed by atoms with van der Waals surface area (Å²) in [5.74, 6) is 0. The van der Waals surface area contributed by atoms with E-state index >= 15 is 0 Å². The van der Waals surface area contributed by atoms with E-state index in [9.17, 15) is 4.79 Å². The Balaban J connectivity index is 1.90. The molecule has 0 spiro atoms. The number of hydrogen-bond acceptors (Lipinski definition) is 3. The van der Waals surface area contributed by atoms with E-state index in [1.807, 2.05) is 48.5 Å². The smallest absolute Gasteiger partial charge is 0.247 e. The Morgan fingerprint density at radius 3 is 1.81 bits per heavy atom. The highest BCUT2D eigenvalue weighted by atomic mass is 35.5. The third kappa shape index (κ3) is 3.77. The molecule has 0 fully saturated rings. The maximum atomic E-state index is 11.3. The fourth-order valence-corrected chi connectivity index (χ4v) is 2.98. The Labute approximate surface area is 165 Å². The molecular formula is C21H13Cl2N3O. The first-order valence-electron chi connectivity index (χ1n) is 8.18. The second kappa shape index (κ2) is 7.35. The van der Waals surface area contributed by atoms with Crippen LogP contribution in [0.3, 0.4) is 0 Å². The van der Waals surface area contributed by atoms with Crippen LogP contribution < -0.4 is 5.56 Å². The van der Waals surface area contributed by atoms with Crippen LogP contribution in [0, 0.1) is 0 Å². The van der Waals surface area contributed by atoms with Crippen molar-refractivity contribution in [1.82, 2.24) is 15.0 Å². The van der Waals surface area contributed by atoms with Crippen molar-refractivity contribution < 1.29 is 0 Å². The van der Waals surface area contributed by atoms with Crippen molar-refractivity contribution in [3.05, 3.63) is 93.5 Å². The molecule has 0 bridgehead atoms. The van der Waals surface area contributed by atoms with Crippen molar-refractivity contribution >= 4 is 23.2 Å². The number of rotatable bonds is 3. The van der Waals surface area contributed by atoms with E-state index in [2.05, 4.69) is 9.97 Å². The average Bonchev–Trinajstić information content (AvgIpc) is 2.69. The summed E-state index contributed by atoms with van der Waals surface area (Å²) in [6, 6.07) is 18.1. The number of aromatic amines is 1. The first-order chi connectivity index (χ1) is 13.1. The van der Waals surface area contributed by atoms with Gasteiger partial charge < -0.3 is 4.98 Å². The van der Waals surface area contributed by atoms with Crippen LogP contribution >= 0.6 is 23.2 Å². The minimum Gasteiger partial charge on any atom is -0.328 e. The van der Waals surface area contributed by atoms with Gasteiger partial charge in [-0.05, 0) is 30.3 Å². The summed E-state index contributed by atoms with van der Waals surface area (Å²) in [5.41, 5.74) is 4.53. The molecule has 0 aliphatic carbocycles. The molecule has 6 heteroatoms. The lowest BCUT2D eigenvalue weighted by molar-refractivity contribution is 1.19. The average molecular weight is 394 g/mol. The Morgan fingerprint density at radius 2 is 1.26 bits per heavy atom. The van der Waals surface area contributed by atoms with E-state index in [4.69, 9.17) is 28.2 Å². The molecule has 0 atom stereocenters. The number of H-pyrrole nitrogens is 1. The monoisotopic (exact) mass is 393 g/mol. The summed E-state index contributed by atoms with van der Waals surface area (Å²) in [4.78, 5) is 23.4. The van der Waals surface area contributed by atoms with Gasteiger partial charge in [0.05, 0.1) is 23.3 Å². The van der Waals surface area contributed by atoms with Crippen LogP contribution in [0.4, 0.5) is 0 Å². The molecule has 1 N–H and O–H groups in total. The Kier molecular flexibility index (Phi) is 4.75. The van der Waals surface area contributed by atoms with Gasteiger partial charge in [0.25, 0.3) is 0 Å². The Bertz CT molecular complexity index is 1130. The molecule has 4 aromatic rings. The molecule has 4 rings (SSSR count). The van der Waals surface area contributed by atoms with E-state index in [0.717, 1.165) is 28.1 Å². The summed E-state index contributed by atoms with van der Waals surface area (Å²) in [7, 11) is 0. The SMILES string of the molecule is O=c1ccc(-c2cnc(-c3ccc(Cl)cc3)c(-c3ccc(Cl)cc3)n2)c[nH]1. The van der Waals surface area contributed by atoms with E-state index in [-0.39, 0.29) is 5.56 Å². The number of benzene rings is 2. The minimum atomic E-state index is -0.164. The van der Waals surface area contributed by atoms with Crippen molar-refractivity contribution in [2.45, 2.75) is 0 Å². The number of nitrogens with one attached hydrogen (secondary N) is 1. The largest absolute Gasteiger partial charge is 0.328 e. The van der Waals surface area contributed by atoms with Crippen LogP contribution in [0.25, 0.3) is 33.8 Å². The Hall–Kier alpha value is -2.95.